The molecule has 0 aliphatic carbocycles. The molecule has 5 nitrogen and oxygen atoms in total. The summed E-state index contributed by atoms with van der Waals surface area (Å²) in [6, 6.07) is 5.12. The van der Waals surface area contributed by atoms with Crippen LogP contribution in [0.4, 0.5) is 0 Å². The van der Waals surface area contributed by atoms with E-state index in [9.17, 15) is 8.42 Å². The van der Waals surface area contributed by atoms with Gasteiger partial charge >= 0.3 is 0 Å². The minimum atomic E-state index is -3.49. The highest BCUT2D eigenvalue weighted by atomic mass is 79.9. The van der Waals surface area contributed by atoms with E-state index < -0.39 is 10.0 Å². The van der Waals surface area contributed by atoms with Crippen LogP contribution >= 0.6 is 15.9 Å². The highest BCUT2D eigenvalue weighted by Gasteiger charge is 2.35. The maximum Gasteiger partial charge on any atom is 0.243 e. The van der Waals surface area contributed by atoms with Crippen LogP contribution in [0.15, 0.2) is 40.0 Å². The summed E-state index contributed by atoms with van der Waals surface area (Å²) in [5.41, 5.74) is 5.66. The van der Waals surface area contributed by atoms with Crippen LogP contribution in [-0.4, -0.2) is 36.8 Å². The number of nitrogens with two attached hydrogens (primary N) is 1. The topological polar surface area (TPSA) is 76.3 Å². The molecule has 3 rings (SSSR count). The predicted octanol–water partition coefficient (Wildman–Crippen LogP) is 1.33. The molecule has 2 aromatic rings. The molecular weight excluding hydrogens is 330 g/mol. The average molecular weight is 342 g/mol. The van der Waals surface area contributed by atoms with Gasteiger partial charge < -0.3 is 5.73 Å². The standard InChI is InChI=1S/C12H12BrN3O2S/c13-10-5-15-4-8-2-1-3-11(12(8)10)19(17,18)16-6-9(14)7-16/h1-5,9H,6-7,14H2. The number of benzene rings is 1. The first-order valence-electron chi connectivity index (χ1n) is 5.78. The highest BCUT2D eigenvalue weighted by Crippen LogP contribution is 2.32. The third-order valence-corrected chi connectivity index (χ3v) is 5.67. The molecule has 1 aromatic heterocycles. The largest absolute Gasteiger partial charge is 0.325 e. The number of aromatic nitrogens is 1. The Balaban J connectivity index is 2.21. The number of hydrogen-bond acceptors (Lipinski definition) is 4. The fourth-order valence-corrected chi connectivity index (χ4v) is 4.66. The monoisotopic (exact) mass is 341 g/mol. The fraction of sp³-hybridized carbons (Fsp3) is 0.250. The smallest absolute Gasteiger partial charge is 0.243 e. The zero-order chi connectivity index (χ0) is 13.6. The molecule has 1 aliphatic heterocycles. The van der Waals surface area contributed by atoms with Gasteiger partial charge in [-0.2, -0.15) is 4.31 Å². The fourth-order valence-electron chi connectivity index (χ4n) is 2.18. The van der Waals surface area contributed by atoms with Gasteiger partial charge in [0.05, 0.1) is 4.90 Å². The van der Waals surface area contributed by atoms with Gasteiger partial charge in [0.2, 0.25) is 10.0 Å². The molecule has 2 N–H and O–H groups in total. The number of halogens is 1. The lowest BCUT2D eigenvalue weighted by Gasteiger charge is -2.35. The minimum Gasteiger partial charge on any atom is -0.325 e. The van der Waals surface area contributed by atoms with Crippen molar-refractivity contribution in [2.24, 2.45) is 5.73 Å². The van der Waals surface area contributed by atoms with Gasteiger partial charge in [-0.1, -0.05) is 12.1 Å². The molecule has 0 saturated carbocycles. The van der Waals surface area contributed by atoms with Crippen molar-refractivity contribution in [2.45, 2.75) is 10.9 Å². The highest BCUT2D eigenvalue weighted by molar-refractivity contribution is 9.10. The Labute approximate surface area is 119 Å². The zero-order valence-corrected chi connectivity index (χ0v) is 12.4. The third kappa shape index (κ3) is 2.06. The first-order valence-corrected chi connectivity index (χ1v) is 8.01. The number of nitrogens with zero attached hydrogens (tertiary/aromatic N) is 2. The summed E-state index contributed by atoms with van der Waals surface area (Å²) >= 11 is 3.37. The van der Waals surface area contributed by atoms with Crippen LogP contribution in [0.25, 0.3) is 10.8 Å². The molecule has 1 aliphatic rings. The Morgan fingerprint density at radius 3 is 2.74 bits per heavy atom. The summed E-state index contributed by atoms with van der Waals surface area (Å²) in [7, 11) is -3.49. The second-order valence-electron chi connectivity index (χ2n) is 4.56. The van der Waals surface area contributed by atoms with E-state index in [-0.39, 0.29) is 6.04 Å². The molecule has 1 aromatic carbocycles. The minimum absolute atomic E-state index is 0.0603. The van der Waals surface area contributed by atoms with Gasteiger partial charge in [-0.05, 0) is 22.0 Å². The molecular formula is C12H12BrN3O2S. The van der Waals surface area contributed by atoms with E-state index in [1.165, 1.54) is 4.31 Å². The molecule has 19 heavy (non-hydrogen) atoms. The van der Waals surface area contributed by atoms with Crippen LogP contribution in [0.5, 0.6) is 0 Å². The maximum absolute atomic E-state index is 12.6. The van der Waals surface area contributed by atoms with Crippen molar-refractivity contribution in [2.75, 3.05) is 13.1 Å². The molecule has 7 heteroatoms. The second kappa shape index (κ2) is 4.52. The van der Waals surface area contributed by atoms with Crippen molar-refractivity contribution in [3.8, 4) is 0 Å². The summed E-state index contributed by atoms with van der Waals surface area (Å²) in [6.45, 7) is 0.753. The number of fused-ring (bicyclic) bond motifs is 1. The van der Waals surface area contributed by atoms with Gasteiger partial charge in [-0.3, -0.25) is 4.98 Å². The summed E-state index contributed by atoms with van der Waals surface area (Å²) in [6.07, 6.45) is 3.25. The van der Waals surface area contributed by atoms with Crippen molar-refractivity contribution in [1.29, 1.82) is 0 Å². The Kier molecular flexibility index (Phi) is 3.09. The van der Waals surface area contributed by atoms with E-state index in [2.05, 4.69) is 20.9 Å². The van der Waals surface area contributed by atoms with Crippen LogP contribution in [0, 0.1) is 0 Å². The number of pyridine rings is 1. The molecule has 0 unspecified atom stereocenters. The summed E-state index contributed by atoms with van der Waals surface area (Å²) in [5.74, 6) is 0. The lowest BCUT2D eigenvalue weighted by molar-refractivity contribution is 0.266. The van der Waals surface area contributed by atoms with Gasteiger partial charge in [0.15, 0.2) is 0 Å². The Hall–Kier alpha value is -1.02. The lowest BCUT2D eigenvalue weighted by Crippen LogP contribution is -2.57. The Morgan fingerprint density at radius 2 is 2.05 bits per heavy atom. The summed E-state index contributed by atoms with van der Waals surface area (Å²) < 4.78 is 27.2. The van der Waals surface area contributed by atoms with Gasteiger partial charge in [0.1, 0.15) is 0 Å². The first-order chi connectivity index (χ1) is 9.00. The van der Waals surface area contributed by atoms with Crippen molar-refractivity contribution in [3.05, 3.63) is 35.1 Å². The number of rotatable bonds is 2. The van der Waals surface area contributed by atoms with E-state index in [0.717, 1.165) is 5.39 Å². The second-order valence-corrected chi connectivity index (χ2v) is 7.32. The van der Waals surface area contributed by atoms with Gasteiger partial charge in [-0.25, -0.2) is 8.42 Å². The Bertz CT molecular complexity index is 736. The van der Waals surface area contributed by atoms with Crippen molar-refractivity contribution >= 4 is 36.7 Å². The zero-order valence-electron chi connectivity index (χ0n) is 9.95. The van der Waals surface area contributed by atoms with Crippen LogP contribution in [0.1, 0.15) is 0 Å². The van der Waals surface area contributed by atoms with Crippen LogP contribution in [0.2, 0.25) is 0 Å². The molecule has 1 fully saturated rings. The number of sulfonamides is 1. The van der Waals surface area contributed by atoms with Gasteiger partial charge in [0, 0.05) is 46.8 Å². The normalized spacial score (nSPS) is 17.6. The van der Waals surface area contributed by atoms with Crippen molar-refractivity contribution < 1.29 is 8.42 Å². The van der Waals surface area contributed by atoms with Crippen LogP contribution < -0.4 is 5.73 Å². The molecule has 1 saturated heterocycles. The molecule has 0 bridgehead atoms. The lowest BCUT2D eigenvalue weighted by atomic mass is 10.2. The first kappa shape index (κ1) is 13.0. The maximum atomic E-state index is 12.6. The van der Waals surface area contributed by atoms with E-state index in [0.29, 0.717) is 27.8 Å². The SMILES string of the molecule is NC1CN(S(=O)(=O)c2cccc3cncc(Br)c23)C1. The molecule has 100 valence electrons. The van der Waals surface area contributed by atoms with Gasteiger partial charge in [-0.15, -0.1) is 0 Å². The van der Waals surface area contributed by atoms with Crippen LogP contribution in [0.3, 0.4) is 0 Å². The quantitative estimate of drug-likeness (QED) is 0.893. The van der Waals surface area contributed by atoms with E-state index in [4.69, 9.17) is 5.73 Å². The van der Waals surface area contributed by atoms with Gasteiger partial charge in [0.25, 0.3) is 0 Å². The van der Waals surface area contributed by atoms with E-state index >= 15 is 0 Å². The molecule has 0 radical (unpaired) electrons. The number of hydrogen-bond donors (Lipinski definition) is 1. The predicted molar refractivity (Wildman–Crippen MR) is 76.2 cm³/mol. The van der Waals surface area contributed by atoms with Crippen LogP contribution in [-0.2, 0) is 10.0 Å². The van der Waals surface area contributed by atoms with Crippen molar-refractivity contribution in [1.82, 2.24) is 9.29 Å². The summed E-state index contributed by atoms with van der Waals surface area (Å²) in [5, 5.41) is 1.46. The van der Waals surface area contributed by atoms with Crippen molar-refractivity contribution in [3.63, 3.8) is 0 Å². The molecule has 0 spiro atoms. The average Bonchev–Trinajstić information content (AvgIpc) is 2.35. The van der Waals surface area contributed by atoms with E-state index in [1.54, 1.807) is 24.5 Å². The molecule has 2 heterocycles. The Morgan fingerprint density at radius 1 is 1.32 bits per heavy atom. The third-order valence-electron chi connectivity index (χ3n) is 3.19. The van der Waals surface area contributed by atoms with E-state index in [1.807, 2.05) is 6.07 Å². The summed E-state index contributed by atoms with van der Waals surface area (Å²) in [4.78, 5) is 4.35. The molecule has 0 atom stereocenters. The molecule has 0 amide bonds.